The molecule has 0 rings (SSSR count). The fourth-order valence-electron chi connectivity index (χ4n) is 0.813. The fraction of sp³-hybridized carbons (Fsp3) is 0.875. The zero-order valence-corrected chi connectivity index (χ0v) is 10.8. The Kier molecular flexibility index (Phi) is 5.70. The number of hydrogen-bond acceptors (Lipinski definition) is 4. The van der Waals surface area contributed by atoms with Gasteiger partial charge in [0.25, 0.3) is 10.2 Å². The van der Waals surface area contributed by atoms with E-state index in [9.17, 15) is 8.42 Å². The summed E-state index contributed by atoms with van der Waals surface area (Å²) in [6.07, 6.45) is 0. The summed E-state index contributed by atoms with van der Waals surface area (Å²) in [5, 5.41) is 11.2. The molecule has 0 saturated heterocycles. The van der Waals surface area contributed by atoms with Crippen LogP contribution in [0, 0.1) is 5.92 Å². The van der Waals surface area contributed by atoms with Crippen LogP contribution in [0.3, 0.4) is 0 Å². The van der Waals surface area contributed by atoms with Gasteiger partial charge in [0.15, 0.2) is 0 Å². The van der Waals surface area contributed by atoms with Crippen molar-refractivity contribution in [2.24, 2.45) is 16.8 Å². The minimum atomic E-state index is -3.51. The Bertz CT molecular complexity index is 339. The van der Waals surface area contributed by atoms with Gasteiger partial charge in [-0.15, -0.1) is 0 Å². The molecule has 1 atom stereocenters. The standard InChI is InChI=1S/C8H20N4O3S/c1-6(2)12(4)16(14,15)10-5-7(3)8(9)11-13/h6-7,10,13H,5H2,1-4H3,(H2,9,11). The van der Waals surface area contributed by atoms with E-state index in [2.05, 4.69) is 9.88 Å². The van der Waals surface area contributed by atoms with Gasteiger partial charge in [0.05, 0.1) is 0 Å². The van der Waals surface area contributed by atoms with Crippen LogP contribution in [0.25, 0.3) is 0 Å². The van der Waals surface area contributed by atoms with Gasteiger partial charge in [-0.25, -0.2) is 4.72 Å². The molecule has 7 nitrogen and oxygen atoms in total. The number of hydrogen-bond donors (Lipinski definition) is 3. The van der Waals surface area contributed by atoms with E-state index in [1.807, 2.05) is 0 Å². The topological polar surface area (TPSA) is 108 Å². The van der Waals surface area contributed by atoms with Crippen LogP contribution in [-0.4, -0.2) is 43.4 Å². The van der Waals surface area contributed by atoms with Gasteiger partial charge >= 0.3 is 0 Å². The second-order valence-corrected chi connectivity index (χ2v) is 5.70. The molecule has 0 aromatic heterocycles. The summed E-state index contributed by atoms with van der Waals surface area (Å²) < 4.78 is 26.9. The van der Waals surface area contributed by atoms with Gasteiger partial charge in [-0.1, -0.05) is 12.1 Å². The maximum atomic E-state index is 11.7. The van der Waals surface area contributed by atoms with Crippen LogP contribution >= 0.6 is 0 Å². The number of nitrogens with zero attached hydrogens (tertiary/aromatic N) is 2. The molecule has 0 fully saturated rings. The molecule has 0 aromatic rings. The fourth-order valence-corrected chi connectivity index (χ4v) is 2.03. The molecule has 0 aliphatic rings. The summed E-state index contributed by atoms with van der Waals surface area (Å²) in [4.78, 5) is 0. The maximum absolute atomic E-state index is 11.7. The lowest BCUT2D eigenvalue weighted by molar-refractivity contribution is 0.314. The van der Waals surface area contributed by atoms with Crippen LogP contribution in [0.2, 0.25) is 0 Å². The zero-order valence-electron chi connectivity index (χ0n) is 10.0. The summed E-state index contributed by atoms with van der Waals surface area (Å²) in [5.74, 6) is -0.366. The first-order valence-electron chi connectivity index (χ1n) is 4.92. The number of rotatable bonds is 6. The van der Waals surface area contributed by atoms with E-state index in [1.165, 1.54) is 11.4 Å². The molecule has 0 spiro atoms. The minimum Gasteiger partial charge on any atom is -0.409 e. The molecule has 16 heavy (non-hydrogen) atoms. The molecule has 1 unspecified atom stereocenters. The molecule has 0 bridgehead atoms. The van der Waals surface area contributed by atoms with Crippen molar-refractivity contribution in [3.63, 3.8) is 0 Å². The van der Waals surface area contributed by atoms with Gasteiger partial charge in [-0.3, -0.25) is 0 Å². The summed E-state index contributed by atoms with van der Waals surface area (Å²) in [7, 11) is -2.02. The van der Waals surface area contributed by atoms with Crippen molar-refractivity contribution < 1.29 is 13.6 Å². The molecule has 0 aliphatic heterocycles. The molecule has 0 amide bonds. The van der Waals surface area contributed by atoms with E-state index >= 15 is 0 Å². The van der Waals surface area contributed by atoms with Gasteiger partial charge in [-0.2, -0.15) is 12.7 Å². The predicted octanol–water partition coefficient (Wildman–Crippen LogP) is -0.456. The Morgan fingerprint density at radius 1 is 1.50 bits per heavy atom. The Balaban J connectivity index is 4.42. The van der Waals surface area contributed by atoms with Crippen molar-refractivity contribution in [3.8, 4) is 0 Å². The molecule has 0 aliphatic carbocycles. The molecule has 0 aromatic carbocycles. The third-order valence-electron chi connectivity index (χ3n) is 2.30. The summed E-state index contributed by atoms with van der Waals surface area (Å²) in [6.45, 7) is 5.29. The first kappa shape index (κ1) is 15.1. The molecule has 0 heterocycles. The maximum Gasteiger partial charge on any atom is 0.279 e. The average molecular weight is 252 g/mol. The normalized spacial score (nSPS) is 15.8. The molecule has 8 heteroatoms. The lowest BCUT2D eigenvalue weighted by atomic mass is 10.2. The first-order chi connectivity index (χ1) is 7.22. The lowest BCUT2D eigenvalue weighted by Crippen LogP contribution is -2.44. The van der Waals surface area contributed by atoms with Crippen LogP contribution in [0.15, 0.2) is 5.16 Å². The van der Waals surface area contributed by atoms with E-state index in [1.54, 1.807) is 20.8 Å². The molecule has 96 valence electrons. The summed E-state index contributed by atoms with van der Waals surface area (Å²) in [5.41, 5.74) is 5.33. The van der Waals surface area contributed by atoms with Crippen molar-refractivity contribution in [1.29, 1.82) is 0 Å². The highest BCUT2D eigenvalue weighted by Gasteiger charge is 2.21. The number of nitrogens with one attached hydrogen (secondary N) is 1. The molecular weight excluding hydrogens is 232 g/mol. The molecule has 0 radical (unpaired) electrons. The van der Waals surface area contributed by atoms with E-state index in [-0.39, 0.29) is 24.3 Å². The number of oxime groups is 1. The third-order valence-corrected chi connectivity index (χ3v) is 4.01. The third kappa shape index (κ3) is 4.33. The molecular formula is C8H20N4O3S. The van der Waals surface area contributed by atoms with Crippen molar-refractivity contribution >= 4 is 16.0 Å². The van der Waals surface area contributed by atoms with E-state index in [4.69, 9.17) is 10.9 Å². The van der Waals surface area contributed by atoms with Crippen LogP contribution in [0.4, 0.5) is 0 Å². The van der Waals surface area contributed by atoms with E-state index in [0.717, 1.165) is 0 Å². The lowest BCUT2D eigenvalue weighted by Gasteiger charge is -2.22. The van der Waals surface area contributed by atoms with E-state index < -0.39 is 10.2 Å². The van der Waals surface area contributed by atoms with Gasteiger partial charge in [-0.05, 0) is 13.8 Å². The molecule has 0 saturated carbocycles. The average Bonchev–Trinajstić information content (AvgIpc) is 2.23. The van der Waals surface area contributed by atoms with Crippen molar-refractivity contribution in [1.82, 2.24) is 9.03 Å². The van der Waals surface area contributed by atoms with Gasteiger partial charge < -0.3 is 10.9 Å². The number of nitrogens with two attached hydrogens (primary N) is 1. The summed E-state index contributed by atoms with van der Waals surface area (Å²) >= 11 is 0. The second kappa shape index (κ2) is 6.02. The Labute approximate surface area is 96.5 Å². The van der Waals surface area contributed by atoms with Crippen molar-refractivity contribution in [2.45, 2.75) is 26.8 Å². The Hall–Kier alpha value is -0.860. The van der Waals surface area contributed by atoms with Crippen molar-refractivity contribution in [3.05, 3.63) is 0 Å². The Morgan fingerprint density at radius 2 is 2.00 bits per heavy atom. The Morgan fingerprint density at radius 3 is 2.38 bits per heavy atom. The highest BCUT2D eigenvalue weighted by atomic mass is 32.2. The summed E-state index contributed by atoms with van der Waals surface area (Å²) in [6, 6.07) is -0.128. The zero-order chi connectivity index (χ0) is 12.9. The van der Waals surface area contributed by atoms with Crippen molar-refractivity contribution in [2.75, 3.05) is 13.6 Å². The van der Waals surface area contributed by atoms with Crippen LogP contribution in [-0.2, 0) is 10.2 Å². The van der Waals surface area contributed by atoms with Crippen LogP contribution in [0.1, 0.15) is 20.8 Å². The second-order valence-electron chi connectivity index (χ2n) is 3.89. The predicted molar refractivity (Wildman–Crippen MR) is 62.4 cm³/mol. The monoisotopic (exact) mass is 252 g/mol. The van der Waals surface area contributed by atoms with Gasteiger partial charge in [0.2, 0.25) is 0 Å². The smallest absolute Gasteiger partial charge is 0.279 e. The van der Waals surface area contributed by atoms with Crippen LogP contribution in [0.5, 0.6) is 0 Å². The first-order valence-corrected chi connectivity index (χ1v) is 6.36. The highest BCUT2D eigenvalue weighted by Crippen LogP contribution is 2.02. The van der Waals surface area contributed by atoms with Gasteiger partial charge in [0.1, 0.15) is 5.84 Å². The SMILES string of the molecule is CC(CNS(=O)(=O)N(C)C(C)C)C(N)=NO. The molecule has 4 N–H and O–H groups in total. The van der Waals surface area contributed by atoms with E-state index in [0.29, 0.717) is 0 Å². The largest absolute Gasteiger partial charge is 0.409 e. The number of amidine groups is 1. The van der Waals surface area contributed by atoms with Crippen LogP contribution < -0.4 is 10.5 Å². The quantitative estimate of drug-likeness (QED) is 0.257. The highest BCUT2D eigenvalue weighted by molar-refractivity contribution is 7.87. The minimum absolute atomic E-state index is 0.00472. The van der Waals surface area contributed by atoms with Gasteiger partial charge in [0, 0.05) is 25.6 Å².